The lowest BCUT2D eigenvalue weighted by Crippen LogP contribution is -2.03. The van der Waals surface area contributed by atoms with Crippen LogP contribution >= 0.6 is 0 Å². The quantitative estimate of drug-likeness (QED) is 0.403. The number of azo groups is 1. The molecule has 0 bridgehead atoms. The van der Waals surface area contributed by atoms with Gasteiger partial charge in [-0.25, -0.2) is 9.59 Å². The fraction of sp³-hybridized carbons (Fsp3) is 0.429. The zero-order valence-corrected chi connectivity index (χ0v) is 7.48. The van der Waals surface area contributed by atoms with Crippen LogP contribution in [-0.2, 0) is 9.53 Å². The van der Waals surface area contributed by atoms with E-state index in [4.69, 9.17) is 0 Å². The van der Waals surface area contributed by atoms with Crippen LogP contribution in [0.2, 0.25) is 0 Å². The number of primary amides is 1. The first-order valence-corrected chi connectivity index (χ1v) is 3.62. The normalized spacial score (nSPS) is 11.7. The molecule has 2 amide bonds. The average molecular weight is 185 g/mol. The standard InChI is InChI=1S/C7H11N3O3/c1-3-13-6(11)4-5(2)9-10-7(8)12/h4H,3H2,1-2H3,(H2,8,12)/b5-4+,10-9?. The SMILES string of the molecule is CCOC(=O)/C=C(\C)N=NC(N)=O. The van der Waals surface area contributed by atoms with E-state index in [0.29, 0.717) is 0 Å². The van der Waals surface area contributed by atoms with Gasteiger partial charge in [0.2, 0.25) is 0 Å². The number of rotatable bonds is 3. The molecule has 0 atom stereocenters. The minimum absolute atomic E-state index is 0.261. The van der Waals surface area contributed by atoms with Gasteiger partial charge in [0, 0.05) is 6.08 Å². The van der Waals surface area contributed by atoms with E-state index in [2.05, 4.69) is 20.7 Å². The highest BCUT2D eigenvalue weighted by Crippen LogP contribution is 1.96. The van der Waals surface area contributed by atoms with Crippen molar-refractivity contribution < 1.29 is 14.3 Å². The van der Waals surface area contributed by atoms with Crippen LogP contribution in [0.25, 0.3) is 0 Å². The predicted molar refractivity (Wildman–Crippen MR) is 44.8 cm³/mol. The minimum atomic E-state index is -0.906. The Morgan fingerprint density at radius 2 is 2.08 bits per heavy atom. The Bertz CT molecular complexity index is 258. The number of hydrogen-bond acceptors (Lipinski definition) is 4. The van der Waals surface area contributed by atoms with Crippen molar-refractivity contribution in [2.24, 2.45) is 16.0 Å². The molecule has 0 heterocycles. The highest BCUT2D eigenvalue weighted by molar-refractivity contribution is 5.82. The van der Waals surface area contributed by atoms with Crippen molar-refractivity contribution in [1.29, 1.82) is 0 Å². The zero-order chi connectivity index (χ0) is 10.3. The Labute approximate surface area is 75.5 Å². The molecule has 0 aromatic rings. The molecular weight excluding hydrogens is 174 g/mol. The first-order chi connectivity index (χ1) is 6.06. The molecular formula is C7H11N3O3. The van der Waals surface area contributed by atoms with E-state index in [9.17, 15) is 9.59 Å². The van der Waals surface area contributed by atoms with Gasteiger partial charge < -0.3 is 10.5 Å². The lowest BCUT2D eigenvalue weighted by Gasteiger charge is -1.94. The molecule has 13 heavy (non-hydrogen) atoms. The maximum Gasteiger partial charge on any atom is 0.356 e. The fourth-order valence-electron chi connectivity index (χ4n) is 0.511. The van der Waals surface area contributed by atoms with Crippen molar-refractivity contribution in [1.82, 2.24) is 0 Å². The van der Waals surface area contributed by atoms with Crippen LogP contribution in [0.5, 0.6) is 0 Å². The topological polar surface area (TPSA) is 94.1 Å². The van der Waals surface area contributed by atoms with E-state index in [1.807, 2.05) is 0 Å². The van der Waals surface area contributed by atoms with Crippen molar-refractivity contribution in [2.75, 3.05) is 6.61 Å². The third-order valence-corrected chi connectivity index (χ3v) is 0.920. The molecule has 0 aliphatic carbocycles. The molecule has 0 aromatic heterocycles. The molecule has 72 valence electrons. The first-order valence-electron chi connectivity index (χ1n) is 3.62. The number of urea groups is 1. The highest BCUT2D eigenvalue weighted by atomic mass is 16.5. The number of nitrogens with zero attached hydrogens (tertiary/aromatic N) is 2. The van der Waals surface area contributed by atoms with E-state index in [0.717, 1.165) is 6.08 Å². The van der Waals surface area contributed by atoms with Gasteiger partial charge in [-0.2, -0.15) is 5.11 Å². The van der Waals surface area contributed by atoms with E-state index < -0.39 is 12.0 Å². The van der Waals surface area contributed by atoms with Gasteiger partial charge in [0.25, 0.3) is 0 Å². The summed E-state index contributed by atoms with van der Waals surface area (Å²) in [7, 11) is 0. The summed E-state index contributed by atoms with van der Waals surface area (Å²) in [6.07, 6.45) is 1.12. The predicted octanol–water partition coefficient (Wildman–Crippen LogP) is 0.984. The number of amides is 2. The van der Waals surface area contributed by atoms with E-state index >= 15 is 0 Å². The van der Waals surface area contributed by atoms with E-state index in [1.54, 1.807) is 6.92 Å². The Kier molecular flexibility index (Phi) is 5.09. The van der Waals surface area contributed by atoms with E-state index in [1.165, 1.54) is 6.92 Å². The summed E-state index contributed by atoms with van der Waals surface area (Å²) in [4.78, 5) is 20.9. The largest absolute Gasteiger partial charge is 0.463 e. The van der Waals surface area contributed by atoms with Gasteiger partial charge in [-0.05, 0) is 13.8 Å². The van der Waals surface area contributed by atoms with Gasteiger partial charge in [0.1, 0.15) is 0 Å². The fourth-order valence-corrected chi connectivity index (χ4v) is 0.511. The summed E-state index contributed by atoms with van der Waals surface area (Å²) in [6.45, 7) is 3.48. The van der Waals surface area contributed by atoms with Crippen molar-refractivity contribution >= 4 is 12.0 Å². The number of hydrogen-bond donors (Lipinski definition) is 1. The number of allylic oxidation sites excluding steroid dienone is 1. The van der Waals surface area contributed by atoms with Gasteiger partial charge in [-0.15, -0.1) is 0 Å². The third kappa shape index (κ3) is 6.67. The molecule has 0 rings (SSSR count). The average Bonchev–Trinajstić information content (AvgIpc) is 2.01. The lowest BCUT2D eigenvalue weighted by atomic mass is 10.4. The summed E-state index contributed by atoms with van der Waals surface area (Å²) in [5, 5.41) is 6.38. The van der Waals surface area contributed by atoms with Crippen LogP contribution in [0, 0.1) is 0 Å². The van der Waals surface area contributed by atoms with Gasteiger partial charge in [-0.1, -0.05) is 5.11 Å². The Morgan fingerprint density at radius 3 is 2.54 bits per heavy atom. The summed E-state index contributed by atoms with van der Waals surface area (Å²) < 4.78 is 4.59. The Morgan fingerprint density at radius 1 is 1.46 bits per heavy atom. The van der Waals surface area contributed by atoms with Crippen LogP contribution in [0.1, 0.15) is 13.8 Å². The molecule has 6 nitrogen and oxygen atoms in total. The summed E-state index contributed by atoms with van der Waals surface area (Å²) in [5.41, 5.74) is 4.95. The maximum absolute atomic E-state index is 10.8. The van der Waals surface area contributed by atoms with Gasteiger partial charge >= 0.3 is 12.0 Å². The zero-order valence-electron chi connectivity index (χ0n) is 7.48. The summed E-state index contributed by atoms with van der Waals surface area (Å²) >= 11 is 0. The van der Waals surface area contributed by atoms with Crippen molar-refractivity contribution in [3.63, 3.8) is 0 Å². The molecule has 0 saturated carbocycles. The Balaban J connectivity index is 4.16. The van der Waals surface area contributed by atoms with Crippen molar-refractivity contribution in [3.05, 3.63) is 11.8 Å². The molecule has 0 unspecified atom stereocenters. The number of ether oxygens (including phenoxy) is 1. The van der Waals surface area contributed by atoms with Crippen molar-refractivity contribution in [3.8, 4) is 0 Å². The lowest BCUT2D eigenvalue weighted by molar-refractivity contribution is -0.137. The van der Waals surface area contributed by atoms with Crippen LogP contribution < -0.4 is 5.73 Å². The maximum atomic E-state index is 10.8. The number of carbonyl (C=O) groups is 2. The molecule has 0 fully saturated rings. The molecule has 2 N–H and O–H groups in total. The van der Waals surface area contributed by atoms with E-state index in [-0.39, 0.29) is 12.3 Å². The first kappa shape index (κ1) is 11.3. The van der Waals surface area contributed by atoms with Crippen LogP contribution in [-0.4, -0.2) is 18.6 Å². The molecule has 0 saturated heterocycles. The second-order valence-electron chi connectivity index (χ2n) is 2.08. The number of esters is 1. The third-order valence-electron chi connectivity index (χ3n) is 0.920. The Hall–Kier alpha value is -1.72. The summed E-state index contributed by atoms with van der Waals surface area (Å²) in [6, 6.07) is -0.906. The molecule has 0 aliphatic rings. The molecule has 0 aromatic carbocycles. The number of carbonyl (C=O) groups excluding carboxylic acids is 2. The van der Waals surface area contributed by atoms with Gasteiger partial charge in [0.15, 0.2) is 0 Å². The second kappa shape index (κ2) is 5.87. The minimum Gasteiger partial charge on any atom is -0.463 e. The van der Waals surface area contributed by atoms with Crippen LogP contribution in [0.15, 0.2) is 22.0 Å². The smallest absolute Gasteiger partial charge is 0.356 e. The monoisotopic (exact) mass is 185 g/mol. The summed E-state index contributed by atoms with van der Waals surface area (Å²) in [5.74, 6) is -0.525. The molecule has 0 spiro atoms. The number of nitrogens with two attached hydrogens (primary N) is 1. The molecule has 6 heteroatoms. The van der Waals surface area contributed by atoms with Crippen LogP contribution in [0.4, 0.5) is 4.79 Å². The van der Waals surface area contributed by atoms with Crippen molar-refractivity contribution in [2.45, 2.75) is 13.8 Å². The van der Waals surface area contributed by atoms with Gasteiger partial charge in [0.05, 0.1) is 12.3 Å². The van der Waals surface area contributed by atoms with Gasteiger partial charge in [-0.3, -0.25) is 0 Å². The second-order valence-corrected chi connectivity index (χ2v) is 2.08. The van der Waals surface area contributed by atoms with Crippen LogP contribution in [0.3, 0.4) is 0 Å². The highest BCUT2D eigenvalue weighted by Gasteiger charge is 1.96. The molecule has 0 radical (unpaired) electrons. The molecule has 0 aliphatic heterocycles.